The average molecular weight is 438 g/mol. The molecule has 1 aliphatic heterocycles. The lowest BCUT2D eigenvalue weighted by Crippen LogP contribution is -2.21. The molecule has 3 heterocycles. The number of rotatable bonds is 4. The molecule has 0 saturated heterocycles. The van der Waals surface area contributed by atoms with Crippen LogP contribution in [0.4, 0.5) is 4.32 Å². The molecule has 0 unspecified atom stereocenters. The molecule has 3 aromatic rings. The van der Waals surface area contributed by atoms with Crippen molar-refractivity contribution in [3.05, 3.63) is 76.5 Å². The highest BCUT2D eigenvalue weighted by Gasteiger charge is 2.24. The van der Waals surface area contributed by atoms with Crippen molar-refractivity contribution >= 4 is 18.4 Å². The SMILES string of the molecule is CC1=CC(C)=N/C1=C(/C)c1c(C)cc(C)n1B(F)C#CCc1ccc(-c2nncnn2)cc1. The number of benzene rings is 1. The van der Waals surface area contributed by atoms with Crippen molar-refractivity contribution in [2.45, 2.75) is 41.0 Å². The average Bonchev–Trinajstić information content (AvgIpc) is 3.30. The summed E-state index contributed by atoms with van der Waals surface area (Å²) in [5.41, 5.74) is 8.39. The molecule has 164 valence electrons. The topological polar surface area (TPSA) is 68.8 Å². The van der Waals surface area contributed by atoms with Crippen LogP contribution in [0.25, 0.3) is 17.0 Å². The summed E-state index contributed by atoms with van der Waals surface area (Å²) in [5.74, 6) is 6.23. The van der Waals surface area contributed by atoms with Crippen LogP contribution in [0, 0.1) is 25.6 Å². The van der Waals surface area contributed by atoms with Crippen molar-refractivity contribution in [3.8, 4) is 23.1 Å². The maximum absolute atomic E-state index is 15.4. The molecule has 8 heteroatoms. The normalized spacial score (nSPS) is 14.4. The summed E-state index contributed by atoms with van der Waals surface area (Å²) in [4.78, 5) is 4.64. The van der Waals surface area contributed by atoms with E-state index in [0.29, 0.717) is 12.2 Å². The predicted molar refractivity (Wildman–Crippen MR) is 130 cm³/mol. The molecule has 1 aliphatic rings. The molecule has 0 atom stereocenters. The van der Waals surface area contributed by atoms with E-state index in [4.69, 9.17) is 0 Å². The van der Waals surface area contributed by atoms with Gasteiger partial charge < -0.3 is 4.48 Å². The Bertz CT molecular complexity index is 1340. The Morgan fingerprint density at radius 2 is 1.76 bits per heavy atom. The summed E-state index contributed by atoms with van der Waals surface area (Å²) in [6.07, 6.45) is 3.77. The van der Waals surface area contributed by atoms with Gasteiger partial charge in [0.25, 0.3) is 0 Å². The Hall–Kier alpha value is -3.86. The number of aryl methyl sites for hydroxylation is 2. The fraction of sp³-hybridized carbons (Fsp3) is 0.240. The van der Waals surface area contributed by atoms with E-state index in [-0.39, 0.29) is 0 Å². The molecule has 6 nitrogen and oxygen atoms in total. The van der Waals surface area contributed by atoms with Crippen LogP contribution >= 0.6 is 0 Å². The third-order valence-corrected chi connectivity index (χ3v) is 5.58. The molecule has 0 aliphatic carbocycles. The highest BCUT2D eigenvalue weighted by Crippen LogP contribution is 2.31. The number of allylic oxidation sites excluding steroid dienone is 3. The molecule has 0 amide bonds. The first kappa shape index (κ1) is 22.3. The Kier molecular flexibility index (Phi) is 6.32. The highest BCUT2D eigenvalue weighted by molar-refractivity contribution is 6.59. The highest BCUT2D eigenvalue weighted by atomic mass is 19.1. The van der Waals surface area contributed by atoms with Gasteiger partial charge in [-0.2, -0.15) is 0 Å². The Balaban J connectivity index is 1.56. The van der Waals surface area contributed by atoms with Crippen LogP contribution in [0.5, 0.6) is 0 Å². The summed E-state index contributed by atoms with van der Waals surface area (Å²) < 4.78 is 17.0. The fourth-order valence-corrected chi connectivity index (χ4v) is 4.15. The summed E-state index contributed by atoms with van der Waals surface area (Å²) >= 11 is 0. The molecule has 0 spiro atoms. The van der Waals surface area contributed by atoms with E-state index in [1.54, 1.807) is 4.48 Å². The smallest absolute Gasteiger partial charge is 0.348 e. The standard InChI is InChI=1S/C25H24BFN6/c1-16-13-18(3)30-23(16)20(5)24-17(2)14-19(4)33(24)26(27)12-6-7-21-8-10-22(11-9-21)25-31-28-15-29-32-25/h8-11,13-15H,7H2,1-5H3/b23-20-. The summed E-state index contributed by atoms with van der Waals surface area (Å²) in [7, 11) is -1.45. The zero-order valence-corrected chi connectivity index (χ0v) is 19.4. The lowest BCUT2D eigenvalue weighted by Gasteiger charge is -2.13. The van der Waals surface area contributed by atoms with Gasteiger partial charge in [-0.25, -0.2) is 0 Å². The van der Waals surface area contributed by atoms with Crippen LogP contribution in [-0.2, 0) is 6.42 Å². The van der Waals surface area contributed by atoms with Crippen LogP contribution in [0.2, 0.25) is 0 Å². The van der Waals surface area contributed by atoms with Crippen molar-refractivity contribution in [2.75, 3.05) is 0 Å². The maximum atomic E-state index is 15.4. The van der Waals surface area contributed by atoms with Crippen molar-refractivity contribution in [1.82, 2.24) is 24.9 Å². The minimum atomic E-state index is -1.45. The molecule has 1 aromatic carbocycles. The van der Waals surface area contributed by atoms with Crippen molar-refractivity contribution in [2.24, 2.45) is 4.99 Å². The molecule has 2 aromatic heterocycles. The predicted octanol–water partition coefficient (Wildman–Crippen LogP) is 4.59. The van der Waals surface area contributed by atoms with Gasteiger partial charge in [0.2, 0.25) is 5.82 Å². The summed E-state index contributed by atoms with van der Waals surface area (Å²) in [6, 6.07) is 9.61. The number of hydrogen-bond acceptors (Lipinski definition) is 5. The summed E-state index contributed by atoms with van der Waals surface area (Å²) in [6.45, 7) is 9.90. The van der Waals surface area contributed by atoms with E-state index in [1.165, 1.54) is 6.33 Å². The van der Waals surface area contributed by atoms with Gasteiger partial charge in [-0.3, -0.25) is 9.31 Å². The zero-order valence-electron chi connectivity index (χ0n) is 19.4. The second-order valence-electron chi connectivity index (χ2n) is 8.14. The minimum Gasteiger partial charge on any atom is -0.348 e. The van der Waals surface area contributed by atoms with E-state index in [0.717, 1.165) is 50.6 Å². The molecule has 0 bridgehead atoms. The second kappa shape index (κ2) is 9.33. The first-order valence-corrected chi connectivity index (χ1v) is 10.7. The molecule has 33 heavy (non-hydrogen) atoms. The largest absolute Gasteiger partial charge is 0.551 e. The second-order valence-corrected chi connectivity index (χ2v) is 8.14. The van der Waals surface area contributed by atoms with E-state index < -0.39 is 7.12 Å². The van der Waals surface area contributed by atoms with Crippen molar-refractivity contribution in [1.29, 1.82) is 0 Å². The van der Waals surface area contributed by atoms with Crippen LogP contribution in [0.3, 0.4) is 0 Å². The van der Waals surface area contributed by atoms with Crippen LogP contribution in [-0.4, -0.2) is 37.7 Å². The number of aliphatic imine (C=N–C) groups is 1. The number of nitrogens with zero attached hydrogens (tertiary/aromatic N) is 6. The fourth-order valence-electron chi connectivity index (χ4n) is 4.15. The van der Waals surface area contributed by atoms with Gasteiger partial charge in [0.1, 0.15) is 0 Å². The number of hydrogen-bond donors (Lipinski definition) is 0. The van der Waals surface area contributed by atoms with E-state index in [2.05, 4.69) is 37.1 Å². The zero-order chi connectivity index (χ0) is 23.5. The van der Waals surface area contributed by atoms with E-state index in [1.807, 2.05) is 71.0 Å². The van der Waals surface area contributed by atoms with Gasteiger partial charge in [0.15, 0.2) is 6.33 Å². The van der Waals surface area contributed by atoms with E-state index in [9.17, 15) is 0 Å². The van der Waals surface area contributed by atoms with Gasteiger partial charge >= 0.3 is 7.12 Å². The molecular weight excluding hydrogens is 414 g/mol. The minimum absolute atomic E-state index is 0.437. The van der Waals surface area contributed by atoms with Crippen LogP contribution < -0.4 is 0 Å². The molecule has 4 rings (SSSR count). The third-order valence-electron chi connectivity index (χ3n) is 5.58. The van der Waals surface area contributed by atoms with Crippen molar-refractivity contribution in [3.63, 3.8) is 0 Å². The monoisotopic (exact) mass is 438 g/mol. The van der Waals surface area contributed by atoms with Gasteiger partial charge in [-0.05, 0) is 69.0 Å². The van der Waals surface area contributed by atoms with Crippen LogP contribution in [0.15, 0.2) is 59.0 Å². The van der Waals surface area contributed by atoms with Crippen LogP contribution in [0.1, 0.15) is 43.3 Å². The first-order chi connectivity index (χ1) is 15.8. The molecular formula is C25H24BFN6. The maximum Gasteiger partial charge on any atom is 0.551 e. The van der Waals surface area contributed by atoms with Crippen molar-refractivity contribution < 1.29 is 4.32 Å². The number of aromatic nitrogens is 5. The summed E-state index contributed by atoms with van der Waals surface area (Å²) in [5, 5.41) is 15.4. The number of halogens is 1. The lowest BCUT2D eigenvalue weighted by atomic mass is 9.86. The molecule has 0 radical (unpaired) electrons. The first-order valence-electron chi connectivity index (χ1n) is 10.7. The van der Waals surface area contributed by atoms with Gasteiger partial charge in [0.05, 0.1) is 5.70 Å². The van der Waals surface area contributed by atoms with Gasteiger partial charge in [0, 0.05) is 29.1 Å². The Morgan fingerprint density at radius 3 is 2.39 bits per heavy atom. The van der Waals surface area contributed by atoms with Gasteiger partial charge in [-0.1, -0.05) is 30.1 Å². The van der Waals surface area contributed by atoms with Gasteiger partial charge in [-0.15, -0.1) is 26.3 Å². The molecule has 0 saturated carbocycles. The Labute approximate surface area is 193 Å². The Morgan fingerprint density at radius 1 is 1.06 bits per heavy atom. The molecule has 0 fully saturated rings. The third kappa shape index (κ3) is 4.68. The quantitative estimate of drug-likeness (QED) is 0.441. The molecule has 0 N–H and O–H groups in total. The lowest BCUT2D eigenvalue weighted by molar-refractivity contribution is 0.801. The van der Waals surface area contributed by atoms with E-state index >= 15 is 4.32 Å².